The molecule has 6 heteroatoms. The zero-order valence-electron chi connectivity index (χ0n) is 14.8. The van der Waals surface area contributed by atoms with Crippen LogP contribution in [0.5, 0.6) is 0 Å². The van der Waals surface area contributed by atoms with Gasteiger partial charge in [-0.2, -0.15) is 0 Å². The van der Waals surface area contributed by atoms with Gasteiger partial charge in [-0.3, -0.25) is 9.59 Å². The largest absolute Gasteiger partial charge is 0.462 e. The van der Waals surface area contributed by atoms with Gasteiger partial charge in [-0.1, -0.05) is 24.3 Å². The molecule has 4 nitrogen and oxygen atoms in total. The third kappa shape index (κ3) is 2.53. The first-order valence-electron chi connectivity index (χ1n) is 8.95. The van der Waals surface area contributed by atoms with E-state index in [1.54, 1.807) is 12.3 Å². The molecule has 0 fully saturated rings. The molecule has 0 bridgehead atoms. The molecule has 0 amide bonds. The topological polar surface area (TPSA) is 60.2 Å². The second kappa shape index (κ2) is 6.07. The summed E-state index contributed by atoms with van der Waals surface area (Å²) in [7, 11) is 0. The lowest BCUT2D eigenvalue weighted by molar-refractivity contribution is 0.0990. The maximum absolute atomic E-state index is 12.9. The number of fused-ring (bicyclic) bond motifs is 3. The fraction of sp³-hybridized carbons (Fsp3) is 0. The van der Waals surface area contributed by atoms with Crippen molar-refractivity contribution in [1.29, 1.82) is 0 Å². The third-order valence-corrected chi connectivity index (χ3v) is 7.11. The van der Waals surface area contributed by atoms with Crippen LogP contribution < -0.4 is 0 Å². The smallest absolute Gasteiger partial charge is 0.197 e. The van der Waals surface area contributed by atoms with E-state index >= 15 is 0 Å². The summed E-state index contributed by atoms with van der Waals surface area (Å²) in [6.45, 7) is 0. The zero-order valence-corrected chi connectivity index (χ0v) is 16.5. The second-order valence-corrected chi connectivity index (χ2v) is 8.87. The molecule has 5 aromatic rings. The molecule has 1 aliphatic carbocycles. The van der Waals surface area contributed by atoms with E-state index in [2.05, 4.69) is 4.98 Å². The number of aromatic nitrogens is 1. The van der Waals surface area contributed by atoms with E-state index in [1.165, 1.54) is 22.7 Å². The SMILES string of the molecule is O=C1C(=Cc2cc3sc(-c4ccco4)nc3s2)C(=O)c2cc3ccccc3cc21. The first-order chi connectivity index (χ1) is 14.2. The highest BCUT2D eigenvalue weighted by Gasteiger charge is 2.33. The van der Waals surface area contributed by atoms with E-state index in [9.17, 15) is 9.59 Å². The Labute approximate surface area is 172 Å². The van der Waals surface area contributed by atoms with Crippen LogP contribution in [0.4, 0.5) is 0 Å². The monoisotopic (exact) mass is 413 g/mol. The summed E-state index contributed by atoms with van der Waals surface area (Å²) in [5.74, 6) is 0.315. The summed E-state index contributed by atoms with van der Waals surface area (Å²) in [6, 6.07) is 17.1. The molecule has 0 spiro atoms. The fourth-order valence-corrected chi connectivity index (χ4v) is 5.75. The Morgan fingerprint density at radius 3 is 2.21 bits per heavy atom. The average Bonchev–Trinajstić information content (AvgIpc) is 3.48. The summed E-state index contributed by atoms with van der Waals surface area (Å²) in [6.07, 6.45) is 3.32. The molecule has 138 valence electrons. The molecule has 0 unspecified atom stereocenters. The van der Waals surface area contributed by atoms with Gasteiger partial charge in [0.2, 0.25) is 0 Å². The number of rotatable bonds is 2. The van der Waals surface area contributed by atoms with Gasteiger partial charge >= 0.3 is 0 Å². The van der Waals surface area contributed by atoms with Crippen molar-refractivity contribution < 1.29 is 14.0 Å². The van der Waals surface area contributed by atoms with Crippen LogP contribution in [0, 0.1) is 0 Å². The maximum Gasteiger partial charge on any atom is 0.197 e. The highest BCUT2D eigenvalue weighted by atomic mass is 32.1. The van der Waals surface area contributed by atoms with Crippen molar-refractivity contribution >= 4 is 60.6 Å². The number of furan rings is 1. The van der Waals surface area contributed by atoms with Crippen molar-refractivity contribution in [1.82, 2.24) is 4.98 Å². The number of thiazole rings is 1. The number of hydrogen-bond acceptors (Lipinski definition) is 6. The fourth-order valence-electron chi connectivity index (χ4n) is 3.61. The first kappa shape index (κ1) is 16.6. The van der Waals surface area contributed by atoms with Gasteiger partial charge in [0.25, 0.3) is 0 Å². The Hall–Kier alpha value is -3.35. The Morgan fingerprint density at radius 1 is 0.862 bits per heavy atom. The van der Waals surface area contributed by atoms with Gasteiger partial charge in [-0.05, 0) is 47.2 Å². The molecule has 0 saturated carbocycles. The molecule has 3 aromatic heterocycles. The summed E-state index contributed by atoms with van der Waals surface area (Å²) in [5, 5.41) is 2.74. The molecule has 6 rings (SSSR count). The van der Waals surface area contributed by atoms with Crippen molar-refractivity contribution in [2.75, 3.05) is 0 Å². The molecule has 0 saturated heterocycles. The predicted molar refractivity (Wildman–Crippen MR) is 116 cm³/mol. The minimum atomic E-state index is -0.211. The van der Waals surface area contributed by atoms with E-state index in [1.807, 2.05) is 54.6 Å². The number of nitrogens with zero attached hydrogens (tertiary/aromatic N) is 1. The molecule has 0 N–H and O–H groups in total. The predicted octanol–water partition coefficient (Wildman–Crippen LogP) is 6.23. The molecule has 29 heavy (non-hydrogen) atoms. The lowest BCUT2D eigenvalue weighted by Crippen LogP contribution is -1.99. The minimum Gasteiger partial charge on any atom is -0.462 e. The Bertz CT molecular complexity index is 1400. The van der Waals surface area contributed by atoms with Crippen LogP contribution in [-0.4, -0.2) is 16.6 Å². The van der Waals surface area contributed by atoms with E-state index in [0.717, 1.165) is 35.9 Å². The van der Waals surface area contributed by atoms with Crippen LogP contribution >= 0.6 is 22.7 Å². The summed E-state index contributed by atoms with van der Waals surface area (Å²) >= 11 is 3.00. The standard InChI is InChI=1S/C23H11NO3S2/c25-20-15-8-12-4-1-2-5-13(12)9-16(15)21(26)17(20)10-14-11-19-23(28-14)24-22(29-19)18-6-3-7-27-18/h1-11H. The lowest BCUT2D eigenvalue weighted by atomic mass is 10.0. The van der Waals surface area contributed by atoms with Gasteiger partial charge in [0, 0.05) is 16.0 Å². The van der Waals surface area contributed by atoms with Gasteiger partial charge in [0.15, 0.2) is 22.3 Å². The number of carbonyl (C=O) groups excluding carboxylic acids is 2. The van der Waals surface area contributed by atoms with Crippen LogP contribution in [0.3, 0.4) is 0 Å². The number of benzene rings is 2. The van der Waals surface area contributed by atoms with E-state index in [0.29, 0.717) is 11.1 Å². The second-order valence-electron chi connectivity index (χ2n) is 6.78. The van der Waals surface area contributed by atoms with Crippen molar-refractivity contribution in [2.45, 2.75) is 0 Å². The number of thiophene rings is 1. The van der Waals surface area contributed by atoms with Crippen LogP contribution in [0.15, 0.2) is 70.9 Å². The van der Waals surface area contributed by atoms with Crippen molar-refractivity contribution in [3.63, 3.8) is 0 Å². The molecule has 0 radical (unpaired) electrons. The van der Waals surface area contributed by atoms with E-state index < -0.39 is 0 Å². The van der Waals surface area contributed by atoms with Crippen molar-refractivity contribution in [3.05, 3.63) is 82.4 Å². The van der Waals surface area contributed by atoms with Gasteiger partial charge < -0.3 is 4.42 Å². The van der Waals surface area contributed by atoms with Gasteiger partial charge in [0.1, 0.15) is 4.83 Å². The van der Waals surface area contributed by atoms with Gasteiger partial charge in [-0.25, -0.2) is 4.98 Å². The highest BCUT2D eigenvalue weighted by Crippen LogP contribution is 2.37. The lowest BCUT2D eigenvalue weighted by Gasteiger charge is -2.00. The molecule has 0 atom stereocenters. The Morgan fingerprint density at radius 2 is 1.59 bits per heavy atom. The van der Waals surface area contributed by atoms with Crippen LogP contribution in [0.2, 0.25) is 0 Å². The molecular weight excluding hydrogens is 402 g/mol. The Kier molecular flexibility index (Phi) is 3.47. The summed E-state index contributed by atoms with van der Waals surface area (Å²) in [5.41, 5.74) is 1.18. The first-order valence-corrected chi connectivity index (χ1v) is 10.6. The highest BCUT2D eigenvalue weighted by molar-refractivity contribution is 7.29. The van der Waals surface area contributed by atoms with Crippen LogP contribution in [-0.2, 0) is 0 Å². The number of hydrogen-bond donors (Lipinski definition) is 0. The zero-order chi connectivity index (χ0) is 19.5. The normalized spacial score (nSPS) is 13.6. The number of carbonyl (C=O) groups is 2. The number of allylic oxidation sites excluding steroid dienone is 1. The molecule has 0 aliphatic heterocycles. The van der Waals surface area contributed by atoms with Crippen molar-refractivity contribution in [2.24, 2.45) is 0 Å². The number of ketones is 2. The third-order valence-electron chi connectivity index (χ3n) is 4.99. The average molecular weight is 413 g/mol. The van der Waals surface area contributed by atoms with E-state index in [4.69, 9.17) is 4.42 Å². The Balaban J connectivity index is 1.41. The van der Waals surface area contributed by atoms with Gasteiger partial charge in [0.05, 0.1) is 16.5 Å². The summed E-state index contributed by atoms with van der Waals surface area (Å²) in [4.78, 5) is 32.1. The van der Waals surface area contributed by atoms with Crippen LogP contribution in [0.25, 0.3) is 37.1 Å². The van der Waals surface area contributed by atoms with Gasteiger partial charge in [-0.15, -0.1) is 22.7 Å². The quantitative estimate of drug-likeness (QED) is 0.254. The van der Waals surface area contributed by atoms with Crippen molar-refractivity contribution in [3.8, 4) is 10.8 Å². The molecule has 1 aliphatic rings. The summed E-state index contributed by atoms with van der Waals surface area (Å²) < 4.78 is 6.41. The molecule has 3 heterocycles. The van der Waals surface area contributed by atoms with E-state index in [-0.39, 0.29) is 17.1 Å². The van der Waals surface area contributed by atoms with Crippen LogP contribution in [0.1, 0.15) is 25.6 Å². The molecular formula is C23H11NO3S2. The number of Topliss-reactive ketones (excluding diaryl/α,β-unsaturated/α-hetero) is 2. The molecule has 2 aromatic carbocycles. The minimum absolute atomic E-state index is 0.211. The maximum atomic E-state index is 12.9.